The fourth-order valence-electron chi connectivity index (χ4n) is 4.46. The molecule has 2 saturated heterocycles. The maximum absolute atomic E-state index is 12.8. The van der Waals surface area contributed by atoms with Crippen LogP contribution in [0.1, 0.15) is 44.7 Å². The average molecular weight is 446 g/mol. The van der Waals surface area contributed by atoms with Crippen molar-refractivity contribution in [3.63, 3.8) is 0 Å². The van der Waals surface area contributed by atoms with Gasteiger partial charge in [-0.15, -0.1) is 24.8 Å². The van der Waals surface area contributed by atoms with E-state index in [4.69, 9.17) is 4.74 Å². The van der Waals surface area contributed by atoms with E-state index in [2.05, 4.69) is 41.1 Å². The molecule has 0 bridgehead atoms. The summed E-state index contributed by atoms with van der Waals surface area (Å²) in [5.41, 5.74) is 1.27. The maximum atomic E-state index is 12.8. The van der Waals surface area contributed by atoms with E-state index < -0.39 is 0 Å². The highest BCUT2D eigenvalue weighted by atomic mass is 35.5. The molecule has 3 rings (SSSR count). The third kappa shape index (κ3) is 7.02. The molecule has 5 nitrogen and oxygen atoms in total. The number of piperazine rings is 1. The lowest BCUT2D eigenvalue weighted by atomic mass is 9.84. The number of carbonyl (C=O) groups excluding carboxylic acids is 1. The number of ether oxygens (including phenoxy) is 1. The molecule has 0 radical (unpaired) electrons. The number of nitrogens with zero attached hydrogens (tertiary/aromatic N) is 2. The Balaban J connectivity index is 0.00000210. The number of hydrogen-bond acceptors (Lipinski definition) is 4. The van der Waals surface area contributed by atoms with Crippen molar-refractivity contribution in [1.82, 2.24) is 15.1 Å². The molecule has 0 saturated carbocycles. The lowest BCUT2D eigenvalue weighted by Crippen LogP contribution is -2.49. The Morgan fingerprint density at radius 3 is 2.41 bits per heavy atom. The van der Waals surface area contributed by atoms with E-state index in [0.717, 1.165) is 45.0 Å². The van der Waals surface area contributed by atoms with Gasteiger partial charge in [-0.05, 0) is 62.4 Å². The minimum Gasteiger partial charge on any atom is -0.497 e. The molecule has 7 heteroatoms. The summed E-state index contributed by atoms with van der Waals surface area (Å²) < 4.78 is 5.35. The Morgan fingerprint density at radius 1 is 1.14 bits per heavy atom. The quantitative estimate of drug-likeness (QED) is 0.723. The van der Waals surface area contributed by atoms with Crippen LogP contribution in [0.4, 0.5) is 0 Å². The molecule has 1 aromatic carbocycles. The first-order chi connectivity index (χ1) is 13.1. The summed E-state index contributed by atoms with van der Waals surface area (Å²) in [5.74, 6) is 2.44. The maximum Gasteiger partial charge on any atom is 0.222 e. The van der Waals surface area contributed by atoms with Crippen molar-refractivity contribution in [2.75, 3.05) is 46.4 Å². The lowest BCUT2D eigenvalue weighted by molar-refractivity contribution is -0.134. The van der Waals surface area contributed by atoms with Gasteiger partial charge in [-0.25, -0.2) is 0 Å². The van der Waals surface area contributed by atoms with Gasteiger partial charge in [-0.1, -0.05) is 19.1 Å². The van der Waals surface area contributed by atoms with Gasteiger partial charge in [0.25, 0.3) is 0 Å². The third-order valence-corrected chi connectivity index (χ3v) is 6.48. The van der Waals surface area contributed by atoms with Crippen LogP contribution in [0.2, 0.25) is 0 Å². The summed E-state index contributed by atoms with van der Waals surface area (Å²) in [6.07, 6.45) is 3.12. The molecule has 2 heterocycles. The van der Waals surface area contributed by atoms with Gasteiger partial charge in [-0.2, -0.15) is 0 Å². The van der Waals surface area contributed by atoms with E-state index in [1.165, 1.54) is 18.4 Å². The molecule has 0 aromatic heterocycles. The number of piperidine rings is 1. The number of rotatable bonds is 6. The van der Waals surface area contributed by atoms with Gasteiger partial charge in [0, 0.05) is 38.6 Å². The normalized spacial score (nSPS) is 20.2. The van der Waals surface area contributed by atoms with Gasteiger partial charge in [0.1, 0.15) is 5.75 Å². The van der Waals surface area contributed by atoms with E-state index in [0.29, 0.717) is 30.2 Å². The molecule has 166 valence electrons. The van der Waals surface area contributed by atoms with Gasteiger partial charge in [0.05, 0.1) is 7.11 Å². The molecule has 1 amide bonds. The minimum absolute atomic E-state index is 0. The van der Waals surface area contributed by atoms with Crippen molar-refractivity contribution in [3.8, 4) is 5.75 Å². The molecule has 0 spiro atoms. The zero-order chi connectivity index (χ0) is 19.2. The van der Waals surface area contributed by atoms with Crippen LogP contribution >= 0.6 is 24.8 Å². The van der Waals surface area contributed by atoms with Crippen molar-refractivity contribution >= 4 is 30.7 Å². The summed E-state index contributed by atoms with van der Waals surface area (Å²) in [6, 6.07) is 8.64. The highest BCUT2D eigenvalue weighted by molar-refractivity contribution is 5.85. The average Bonchev–Trinajstić information content (AvgIpc) is 2.74. The van der Waals surface area contributed by atoms with Crippen LogP contribution in [-0.2, 0) is 4.79 Å². The first-order valence-corrected chi connectivity index (χ1v) is 10.4. The summed E-state index contributed by atoms with van der Waals surface area (Å²) in [5, 5.41) is 3.41. The first kappa shape index (κ1) is 26.0. The van der Waals surface area contributed by atoms with Gasteiger partial charge in [0.2, 0.25) is 5.91 Å². The monoisotopic (exact) mass is 445 g/mol. The van der Waals surface area contributed by atoms with Crippen LogP contribution in [0.3, 0.4) is 0 Å². The number of nitrogens with one attached hydrogen (secondary N) is 1. The molecule has 2 fully saturated rings. The highest BCUT2D eigenvalue weighted by Gasteiger charge is 2.28. The number of halogens is 2. The number of methoxy groups -OCH3 is 1. The van der Waals surface area contributed by atoms with Crippen LogP contribution in [0, 0.1) is 11.8 Å². The Labute approximate surface area is 188 Å². The second-order valence-corrected chi connectivity index (χ2v) is 8.14. The largest absolute Gasteiger partial charge is 0.497 e. The van der Waals surface area contributed by atoms with E-state index >= 15 is 0 Å². The predicted molar refractivity (Wildman–Crippen MR) is 123 cm³/mol. The fourth-order valence-corrected chi connectivity index (χ4v) is 4.46. The second kappa shape index (κ2) is 12.6. The summed E-state index contributed by atoms with van der Waals surface area (Å²) >= 11 is 0. The summed E-state index contributed by atoms with van der Waals surface area (Å²) in [7, 11) is 1.71. The predicted octanol–water partition coefficient (Wildman–Crippen LogP) is 3.77. The first-order valence-electron chi connectivity index (χ1n) is 10.4. The van der Waals surface area contributed by atoms with Crippen LogP contribution < -0.4 is 10.1 Å². The Bertz CT molecular complexity index is 618. The topological polar surface area (TPSA) is 44.8 Å². The van der Waals surface area contributed by atoms with Crippen molar-refractivity contribution in [3.05, 3.63) is 29.8 Å². The van der Waals surface area contributed by atoms with Crippen LogP contribution in [0.15, 0.2) is 24.3 Å². The third-order valence-electron chi connectivity index (χ3n) is 6.48. The zero-order valence-electron chi connectivity index (χ0n) is 17.9. The van der Waals surface area contributed by atoms with Crippen molar-refractivity contribution in [2.24, 2.45) is 11.8 Å². The summed E-state index contributed by atoms with van der Waals surface area (Å²) in [6.45, 7) is 10.3. The Morgan fingerprint density at radius 2 is 1.79 bits per heavy atom. The Hall–Kier alpha value is -1.01. The van der Waals surface area contributed by atoms with E-state index in [-0.39, 0.29) is 24.8 Å². The SMILES string of the molecule is COc1cccc(C(C)N2CCN(C(=O)CC(C)C3CCNCC3)CC2)c1.Cl.Cl. The highest BCUT2D eigenvalue weighted by Crippen LogP contribution is 2.27. The van der Waals surface area contributed by atoms with Crippen molar-refractivity contribution in [1.29, 1.82) is 0 Å². The van der Waals surface area contributed by atoms with Gasteiger partial charge in [-0.3, -0.25) is 9.69 Å². The molecule has 29 heavy (non-hydrogen) atoms. The molecular formula is C22H37Cl2N3O2. The van der Waals surface area contributed by atoms with E-state index in [9.17, 15) is 4.79 Å². The van der Waals surface area contributed by atoms with E-state index in [1.54, 1.807) is 7.11 Å². The van der Waals surface area contributed by atoms with Crippen LogP contribution in [0.5, 0.6) is 5.75 Å². The Kier molecular flexibility index (Phi) is 11.3. The molecular weight excluding hydrogens is 409 g/mol. The smallest absolute Gasteiger partial charge is 0.222 e. The van der Waals surface area contributed by atoms with Gasteiger partial charge >= 0.3 is 0 Å². The van der Waals surface area contributed by atoms with Gasteiger partial charge < -0.3 is 15.0 Å². The zero-order valence-corrected chi connectivity index (χ0v) is 19.6. The number of hydrogen-bond donors (Lipinski definition) is 1. The molecule has 1 N–H and O–H groups in total. The molecule has 0 aliphatic carbocycles. The lowest BCUT2D eigenvalue weighted by Gasteiger charge is -2.39. The standard InChI is InChI=1S/C22H35N3O2.2ClH/c1-17(19-7-9-23-10-8-19)15-22(26)25-13-11-24(12-14-25)18(2)20-5-4-6-21(16-20)27-3;;/h4-6,16-19,23H,7-15H2,1-3H3;2*1H. The van der Waals surface area contributed by atoms with Crippen molar-refractivity contribution in [2.45, 2.75) is 39.2 Å². The van der Waals surface area contributed by atoms with Crippen molar-refractivity contribution < 1.29 is 9.53 Å². The molecule has 2 atom stereocenters. The van der Waals surface area contributed by atoms with E-state index in [1.807, 2.05) is 12.1 Å². The second-order valence-electron chi connectivity index (χ2n) is 8.14. The minimum atomic E-state index is 0. The number of carbonyl (C=O) groups is 1. The molecule has 1 aromatic rings. The van der Waals surface area contributed by atoms with Gasteiger partial charge in [0.15, 0.2) is 0 Å². The number of benzene rings is 1. The van der Waals surface area contributed by atoms with Crippen LogP contribution in [0.25, 0.3) is 0 Å². The number of amides is 1. The fraction of sp³-hybridized carbons (Fsp3) is 0.682. The molecule has 2 aliphatic heterocycles. The summed E-state index contributed by atoms with van der Waals surface area (Å²) in [4.78, 5) is 17.3. The molecule has 2 aliphatic rings. The molecule has 2 unspecified atom stereocenters. The van der Waals surface area contributed by atoms with Crippen LogP contribution in [-0.4, -0.2) is 62.1 Å².